The molecule has 3 aromatic rings. The largest absolute Gasteiger partial charge is 0.319 e. The minimum Gasteiger partial charge on any atom is -0.290 e. The predicted octanol–water partition coefficient (Wildman–Crippen LogP) is 2.10. The Bertz CT molecular complexity index is 776. The molecule has 3 heterocycles. The molecule has 0 N–H and O–H groups in total. The van der Waals surface area contributed by atoms with Gasteiger partial charge in [-0.1, -0.05) is 0 Å². The molecule has 3 rings (SSSR count). The van der Waals surface area contributed by atoms with Gasteiger partial charge < -0.3 is 0 Å². The summed E-state index contributed by atoms with van der Waals surface area (Å²) in [5.41, 5.74) is 0.368. The van der Waals surface area contributed by atoms with Gasteiger partial charge in [0.25, 0.3) is 5.56 Å². The number of nitrogens with zero attached hydrogens (tertiary/aromatic N) is 4. The van der Waals surface area contributed by atoms with Crippen molar-refractivity contribution in [1.29, 1.82) is 0 Å². The van der Waals surface area contributed by atoms with E-state index >= 15 is 0 Å². The monoisotopic (exact) mass is 282 g/mol. The highest BCUT2D eigenvalue weighted by Gasteiger charge is 2.13. The lowest BCUT2D eigenvalue weighted by Crippen LogP contribution is -2.22. The van der Waals surface area contributed by atoms with Crippen LogP contribution >= 0.6 is 11.3 Å². The molecule has 98 valence electrons. The number of thiophene rings is 1. The van der Waals surface area contributed by atoms with E-state index in [4.69, 9.17) is 0 Å². The van der Waals surface area contributed by atoms with Crippen LogP contribution in [-0.2, 0) is 6.54 Å². The Morgan fingerprint density at radius 1 is 1.37 bits per heavy atom. The van der Waals surface area contributed by atoms with Crippen LogP contribution in [0.3, 0.4) is 0 Å². The topological polar surface area (TPSA) is 52.7 Å². The average Bonchev–Trinajstić information content (AvgIpc) is 3.01. The van der Waals surface area contributed by atoms with Crippen molar-refractivity contribution in [3.63, 3.8) is 0 Å². The first-order valence-corrected chi connectivity index (χ1v) is 6.27. The predicted molar refractivity (Wildman–Crippen MR) is 66.5 cm³/mol. The molecule has 8 heteroatoms. The quantitative estimate of drug-likeness (QED) is 0.739. The molecule has 19 heavy (non-hydrogen) atoms. The number of alkyl halides is 2. The Morgan fingerprint density at radius 2 is 2.21 bits per heavy atom. The van der Waals surface area contributed by atoms with Gasteiger partial charge in [0.15, 0.2) is 0 Å². The van der Waals surface area contributed by atoms with Crippen LogP contribution in [0.4, 0.5) is 8.78 Å². The van der Waals surface area contributed by atoms with Gasteiger partial charge in [-0.25, -0.2) is 9.97 Å². The van der Waals surface area contributed by atoms with Crippen LogP contribution in [0.5, 0.6) is 0 Å². The van der Waals surface area contributed by atoms with Crippen LogP contribution < -0.4 is 5.56 Å². The fourth-order valence-electron chi connectivity index (χ4n) is 1.79. The summed E-state index contributed by atoms with van der Waals surface area (Å²) in [7, 11) is 0. The van der Waals surface area contributed by atoms with E-state index in [1.807, 2.05) is 0 Å². The Labute approximate surface area is 109 Å². The van der Waals surface area contributed by atoms with E-state index in [-0.39, 0.29) is 17.9 Å². The van der Waals surface area contributed by atoms with Crippen molar-refractivity contribution in [3.05, 3.63) is 46.3 Å². The van der Waals surface area contributed by atoms with E-state index in [0.29, 0.717) is 10.2 Å². The lowest BCUT2D eigenvalue weighted by atomic mass is 10.4. The van der Waals surface area contributed by atoms with Gasteiger partial charge >= 0.3 is 6.55 Å². The summed E-state index contributed by atoms with van der Waals surface area (Å²) >= 11 is 1.28. The number of halogens is 2. The summed E-state index contributed by atoms with van der Waals surface area (Å²) in [5, 5.41) is 1.77. The first-order valence-electron chi connectivity index (χ1n) is 5.39. The average molecular weight is 282 g/mol. The number of rotatable bonds is 3. The molecule has 0 aromatic carbocycles. The highest BCUT2D eigenvalue weighted by molar-refractivity contribution is 7.17. The second-order valence-electron chi connectivity index (χ2n) is 3.84. The standard InChI is InChI=1S/C11H8F2N4OS/c12-11(13)17-3-2-14-8(17)5-16-6-15-7-1-4-19-9(7)10(16)18/h1-4,6,11H,5H2. The van der Waals surface area contributed by atoms with Crippen molar-refractivity contribution in [2.24, 2.45) is 0 Å². The molecule has 0 atom stereocenters. The molecule has 3 aromatic heterocycles. The Kier molecular flexibility index (Phi) is 2.86. The molecule has 0 radical (unpaired) electrons. The number of fused-ring (bicyclic) bond motifs is 1. The van der Waals surface area contributed by atoms with Gasteiger partial charge in [-0.15, -0.1) is 11.3 Å². The van der Waals surface area contributed by atoms with E-state index < -0.39 is 6.55 Å². The van der Waals surface area contributed by atoms with Gasteiger partial charge in [0.1, 0.15) is 10.5 Å². The van der Waals surface area contributed by atoms with E-state index in [1.54, 1.807) is 11.4 Å². The maximum atomic E-state index is 12.7. The van der Waals surface area contributed by atoms with Crippen LogP contribution in [0.1, 0.15) is 12.4 Å². The zero-order valence-corrected chi connectivity index (χ0v) is 10.3. The van der Waals surface area contributed by atoms with Crippen molar-refractivity contribution in [2.75, 3.05) is 0 Å². The number of aromatic nitrogens is 4. The van der Waals surface area contributed by atoms with Crippen LogP contribution in [0.15, 0.2) is 35.0 Å². The molecule has 0 saturated carbocycles. The van der Waals surface area contributed by atoms with Crippen LogP contribution in [0, 0.1) is 0 Å². The van der Waals surface area contributed by atoms with Crippen molar-refractivity contribution >= 4 is 21.6 Å². The van der Waals surface area contributed by atoms with Gasteiger partial charge in [0.2, 0.25) is 0 Å². The summed E-state index contributed by atoms with van der Waals surface area (Å²) in [6.07, 6.45) is 3.81. The Morgan fingerprint density at radius 3 is 3.00 bits per heavy atom. The number of imidazole rings is 1. The van der Waals surface area contributed by atoms with Crippen LogP contribution in [0.25, 0.3) is 10.2 Å². The summed E-state index contributed by atoms with van der Waals surface area (Å²) in [6.45, 7) is -2.71. The molecular formula is C11H8F2N4OS. The van der Waals surface area contributed by atoms with E-state index in [9.17, 15) is 13.6 Å². The van der Waals surface area contributed by atoms with Crippen LogP contribution in [0.2, 0.25) is 0 Å². The summed E-state index contributed by atoms with van der Waals surface area (Å²) < 4.78 is 27.9. The summed E-state index contributed by atoms with van der Waals surface area (Å²) in [6, 6.07) is 1.74. The molecule has 0 unspecified atom stereocenters. The van der Waals surface area contributed by atoms with Crippen molar-refractivity contribution in [2.45, 2.75) is 13.1 Å². The van der Waals surface area contributed by atoms with E-state index in [0.717, 1.165) is 4.57 Å². The molecule has 0 saturated heterocycles. The maximum absolute atomic E-state index is 12.7. The Balaban J connectivity index is 2.03. The molecule has 5 nitrogen and oxygen atoms in total. The zero-order valence-electron chi connectivity index (χ0n) is 9.53. The molecule has 0 bridgehead atoms. The smallest absolute Gasteiger partial charge is 0.290 e. The third-order valence-electron chi connectivity index (χ3n) is 2.71. The third-order valence-corrected chi connectivity index (χ3v) is 3.60. The lowest BCUT2D eigenvalue weighted by molar-refractivity contribution is 0.0666. The highest BCUT2D eigenvalue weighted by atomic mass is 32.1. The third kappa shape index (κ3) is 2.03. The second-order valence-corrected chi connectivity index (χ2v) is 4.76. The SMILES string of the molecule is O=c1c2sccc2ncn1Cc1nccn1C(F)F. The van der Waals surface area contributed by atoms with E-state index in [1.165, 1.54) is 34.6 Å². The molecule has 0 amide bonds. The van der Waals surface area contributed by atoms with Crippen molar-refractivity contribution < 1.29 is 8.78 Å². The summed E-state index contributed by atoms with van der Waals surface area (Å²) in [5.74, 6) is 0.120. The fraction of sp³-hybridized carbons (Fsp3) is 0.182. The van der Waals surface area contributed by atoms with Gasteiger partial charge in [-0.05, 0) is 11.4 Å². The van der Waals surface area contributed by atoms with Gasteiger partial charge in [0.05, 0.1) is 18.4 Å². The van der Waals surface area contributed by atoms with Gasteiger partial charge in [-0.3, -0.25) is 13.9 Å². The highest BCUT2D eigenvalue weighted by Crippen LogP contribution is 2.15. The van der Waals surface area contributed by atoms with Gasteiger partial charge in [0, 0.05) is 12.4 Å². The van der Waals surface area contributed by atoms with Gasteiger partial charge in [-0.2, -0.15) is 8.78 Å². The van der Waals surface area contributed by atoms with Crippen molar-refractivity contribution in [1.82, 2.24) is 19.1 Å². The molecule has 0 aliphatic heterocycles. The fourth-order valence-corrected chi connectivity index (χ4v) is 2.58. The van der Waals surface area contributed by atoms with Crippen molar-refractivity contribution in [3.8, 4) is 0 Å². The first-order chi connectivity index (χ1) is 9.16. The minimum absolute atomic E-state index is 0.0307. The summed E-state index contributed by atoms with van der Waals surface area (Å²) in [4.78, 5) is 20.1. The van der Waals surface area contributed by atoms with E-state index in [2.05, 4.69) is 9.97 Å². The maximum Gasteiger partial charge on any atom is 0.319 e. The normalized spacial score (nSPS) is 11.5. The lowest BCUT2D eigenvalue weighted by Gasteiger charge is -2.07. The van der Waals surface area contributed by atoms with Crippen LogP contribution in [-0.4, -0.2) is 19.1 Å². The molecule has 0 spiro atoms. The minimum atomic E-state index is -2.67. The zero-order chi connectivity index (χ0) is 13.4. The number of hydrogen-bond donors (Lipinski definition) is 0. The molecule has 0 fully saturated rings. The molecule has 0 aliphatic carbocycles. The second kappa shape index (κ2) is 4.54. The number of hydrogen-bond acceptors (Lipinski definition) is 4. The molecule has 0 aliphatic rings. The first kappa shape index (κ1) is 12.0. The Hall–Kier alpha value is -2.09. The molecular weight excluding hydrogens is 274 g/mol.